The number of hydrogen-bond acceptors (Lipinski definition) is 5. The second kappa shape index (κ2) is 7.12. The number of carbonyl (C=O) groups is 1. The van der Waals surface area contributed by atoms with Crippen molar-refractivity contribution in [2.75, 3.05) is 18.0 Å². The number of carboxylic acid groups (broad SMARTS) is 1. The van der Waals surface area contributed by atoms with Crippen LogP contribution < -0.4 is 10.5 Å². The van der Waals surface area contributed by atoms with Crippen LogP contribution in [-0.2, 0) is 15.6 Å². The largest absolute Gasteiger partial charge is 0.477 e. The van der Waals surface area contributed by atoms with E-state index in [1.54, 1.807) is 12.1 Å². The summed E-state index contributed by atoms with van der Waals surface area (Å²) in [6.45, 7) is 10.9. The smallest absolute Gasteiger partial charge is 0.346 e. The van der Waals surface area contributed by atoms with E-state index in [1.165, 1.54) is 29.5 Å². The molecule has 1 aromatic heterocycles. The van der Waals surface area contributed by atoms with Crippen LogP contribution in [0.3, 0.4) is 0 Å². The van der Waals surface area contributed by atoms with Crippen molar-refractivity contribution >= 4 is 28.7 Å². The number of aliphatic carboxylic acids is 1. The van der Waals surface area contributed by atoms with Crippen LogP contribution in [0.25, 0.3) is 17.0 Å². The zero-order valence-electron chi connectivity index (χ0n) is 18.3. The number of rotatable bonds is 3. The highest BCUT2D eigenvalue weighted by Crippen LogP contribution is 2.51. The van der Waals surface area contributed by atoms with Crippen LogP contribution in [-0.4, -0.2) is 24.2 Å². The molecule has 0 bridgehead atoms. The third-order valence-electron chi connectivity index (χ3n) is 6.65. The summed E-state index contributed by atoms with van der Waals surface area (Å²) in [7, 11) is 0. The molecule has 0 unspecified atom stereocenters. The standard InChI is InChI=1S/C25H26N2O4/c1-24(2)8-10-27-11-9-25(3,4)19-20(27)18(24)13-17-12-15(23(30)31-21(17)19)6-5-7-16(14-26)22(28)29/h5-7,12-13H,8-11H2,1-4H3,(H,28,29)/b6-5+,16-7+. The van der Waals surface area contributed by atoms with Crippen LogP contribution in [0.2, 0.25) is 0 Å². The highest BCUT2D eigenvalue weighted by atomic mass is 16.4. The van der Waals surface area contributed by atoms with Gasteiger partial charge in [-0.05, 0) is 53.5 Å². The van der Waals surface area contributed by atoms with Crippen LogP contribution >= 0.6 is 0 Å². The second-order valence-electron chi connectivity index (χ2n) is 9.67. The number of fused-ring (bicyclic) bond motifs is 2. The Kier molecular flexibility index (Phi) is 4.81. The van der Waals surface area contributed by atoms with Crippen molar-refractivity contribution in [3.05, 3.63) is 57.0 Å². The molecule has 31 heavy (non-hydrogen) atoms. The molecule has 2 aliphatic heterocycles. The van der Waals surface area contributed by atoms with Gasteiger partial charge in [-0.1, -0.05) is 33.8 Å². The van der Waals surface area contributed by atoms with Gasteiger partial charge < -0.3 is 14.4 Å². The molecule has 3 heterocycles. The zero-order valence-corrected chi connectivity index (χ0v) is 18.3. The zero-order chi connectivity index (χ0) is 22.6. The van der Waals surface area contributed by atoms with Crippen molar-refractivity contribution in [2.45, 2.75) is 51.4 Å². The first-order valence-electron chi connectivity index (χ1n) is 10.5. The lowest BCUT2D eigenvalue weighted by Crippen LogP contribution is -2.44. The van der Waals surface area contributed by atoms with E-state index >= 15 is 0 Å². The summed E-state index contributed by atoms with van der Waals surface area (Å²) >= 11 is 0. The van der Waals surface area contributed by atoms with Gasteiger partial charge in [0.25, 0.3) is 0 Å². The van der Waals surface area contributed by atoms with Crippen molar-refractivity contribution < 1.29 is 14.3 Å². The maximum Gasteiger partial charge on any atom is 0.346 e. The summed E-state index contributed by atoms with van der Waals surface area (Å²) in [5.74, 6) is -1.31. The van der Waals surface area contributed by atoms with Crippen LogP contribution in [0.1, 0.15) is 57.2 Å². The van der Waals surface area contributed by atoms with E-state index in [0.717, 1.165) is 36.9 Å². The van der Waals surface area contributed by atoms with E-state index in [-0.39, 0.29) is 10.8 Å². The molecule has 0 amide bonds. The molecular weight excluding hydrogens is 392 g/mol. The molecule has 0 radical (unpaired) electrons. The van der Waals surface area contributed by atoms with Gasteiger partial charge in [0.1, 0.15) is 17.2 Å². The number of benzene rings is 1. The molecule has 1 aromatic carbocycles. The molecule has 6 heteroatoms. The second-order valence-corrected chi connectivity index (χ2v) is 9.67. The van der Waals surface area contributed by atoms with Crippen molar-refractivity contribution in [3.63, 3.8) is 0 Å². The fourth-order valence-electron chi connectivity index (χ4n) is 4.69. The Bertz CT molecular complexity index is 1250. The minimum absolute atomic E-state index is 0.0141. The first kappa shape index (κ1) is 20.9. The van der Waals surface area contributed by atoms with Gasteiger partial charge in [0.15, 0.2) is 0 Å². The van der Waals surface area contributed by atoms with Crippen molar-refractivity contribution in [1.29, 1.82) is 5.26 Å². The monoisotopic (exact) mass is 418 g/mol. The Morgan fingerprint density at radius 1 is 1.19 bits per heavy atom. The number of nitrogens with zero attached hydrogens (tertiary/aromatic N) is 2. The Hall–Kier alpha value is -3.33. The molecule has 1 N–H and O–H groups in total. The molecule has 0 atom stereocenters. The van der Waals surface area contributed by atoms with Crippen LogP contribution in [0.5, 0.6) is 0 Å². The molecule has 0 saturated heterocycles. The number of allylic oxidation sites excluding steroid dienone is 2. The third-order valence-corrected chi connectivity index (χ3v) is 6.65. The summed E-state index contributed by atoms with van der Waals surface area (Å²) in [6.07, 6.45) is 6.10. The fourth-order valence-corrected chi connectivity index (χ4v) is 4.69. The lowest BCUT2D eigenvalue weighted by molar-refractivity contribution is -0.132. The van der Waals surface area contributed by atoms with E-state index in [4.69, 9.17) is 14.8 Å². The van der Waals surface area contributed by atoms with Gasteiger partial charge in [-0.15, -0.1) is 0 Å². The Labute approximate surface area is 181 Å². The number of anilines is 1. The van der Waals surface area contributed by atoms with Gasteiger partial charge in [0, 0.05) is 29.7 Å². The average molecular weight is 418 g/mol. The molecule has 160 valence electrons. The summed E-state index contributed by atoms with van der Waals surface area (Å²) in [5.41, 5.74) is 3.56. The van der Waals surface area contributed by atoms with E-state index in [1.807, 2.05) is 0 Å². The lowest BCUT2D eigenvalue weighted by atomic mass is 9.69. The average Bonchev–Trinajstić information content (AvgIpc) is 2.69. The third kappa shape index (κ3) is 3.44. The molecule has 0 aliphatic carbocycles. The van der Waals surface area contributed by atoms with E-state index in [0.29, 0.717) is 11.1 Å². The molecule has 0 saturated carbocycles. The topological polar surface area (TPSA) is 94.5 Å². The summed E-state index contributed by atoms with van der Waals surface area (Å²) in [5, 5.41) is 18.7. The van der Waals surface area contributed by atoms with Crippen molar-refractivity contribution in [2.24, 2.45) is 0 Å². The minimum atomic E-state index is -1.31. The van der Waals surface area contributed by atoms with Gasteiger partial charge >= 0.3 is 11.6 Å². The predicted octanol–water partition coefficient (Wildman–Crippen LogP) is 4.51. The normalized spacial score (nSPS) is 19.3. The van der Waals surface area contributed by atoms with Crippen molar-refractivity contribution in [1.82, 2.24) is 0 Å². The van der Waals surface area contributed by atoms with Crippen molar-refractivity contribution in [3.8, 4) is 6.07 Å². The molecule has 6 nitrogen and oxygen atoms in total. The number of carboxylic acids is 1. The summed E-state index contributed by atoms with van der Waals surface area (Å²) in [4.78, 5) is 26.1. The maximum absolute atomic E-state index is 12.8. The lowest BCUT2D eigenvalue weighted by Gasteiger charge is -2.48. The first-order valence-corrected chi connectivity index (χ1v) is 10.5. The maximum atomic E-state index is 12.8. The molecule has 0 fully saturated rings. The van der Waals surface area contributed by atoms with Gasteiger partial charge in [-0.3, -0.25) is 0 Å². The Balaban J connectivity index is 1.94. The van der Waals surface area contributed by atoms with E-state index < -0.39 is 17.2 Å². The van der Waals surface area contributed by atoms with Crippen LogP contribution in [0.15, 0.2) is 39.1 Å². The van der Waals surface area contributed by atoms with Crippen LogP contribution in [0.4, 0.5) is 5.69 Å². The first-order chi connectivity index (χ1) is 14.5. The Morgan fingerprint density at radius 3 is 2.52 bits per heavy atom. The van der Waals surface area contributed by atoms with Gasteiger partial charge in [0.2, 0.25) is 0 Å². The van der Waals surface area contributed by atoms with Gasteiger partial charge in [0.05, 0.1) is 5.56 Å². The molecule has 2 aromatic rings. The molecular formula is C25H26N2O4. The number of hydrogen-bond donors (Lipinski definition) is 1. The summed E-state index contributed by atoms with van der Waals surface area (Å²) < 4.78 is 5.86. The highest BCUT2D eigenvalue weighted by molar-refractivity contribution is 5.92. The van der Waals surface area contributed by atoms with Crippen LogP contribution in [0, 0.1) is 11.3 Å². The molecule has 2 aliphatic rings. The summed E-state index contributed by atoms with van der Waals surface area (Å²) in [6, 6.07) is 5.55. The molecule has 0 spiro atoms. The van der Waals surface area contributed by atoms with Gasteiger partial charge in [-0.2, -0.15) is 5.26 Å². The van der Waals surface area contributed by atoms with E-state index in [9.17, 15) is 9.59 Å². The fraction of sp³-hybridized carbons (Fsp3) is 0.400. The van der Waals surface area contributed by atoms with E-state index in [2.05, 4.69) is 38.7 Å². The number of nitriles is 1. The SMILES string of the molecule is CC1(C)CCN2CCC(C)(C)c3c2c1cc1cc(/C=C/C=C(\C#N)C(=O)O)c(=O)oc31. The molecule has 4 rings (SSSR count). The highest BCUT2D eigenvalue weighted by Gasteiger charge is 2.41. The minimum Gasteiger partial charge on any atom is -0.477 e. The Morgan fingerprint density at radius 2 is 1.87 bits per heavy atom. The predicted molar refractivity (Wildman–Crippen MR) is 120 cm³/mol. The quantitative estimate of drug-likeness (QED) is 0.341. The van der Waals surface area contributed by atoms with Gasteiger partial charge in [-0.25, -0.2) is 9.59 Å².